The highest BCUT2D eigenvalue weighted by atomic mass is 32.2. The van der Waals surface area contributed by atoms with E-state index in [1.807, 2.05) is 4.90 Å². The van der Waals surface area contributed by atoms with E-state index < -0.39 is 5.97 Å². The van der Waals surface area contributed by atoms with Gasteiger partial charge in [-0.25, -0.2) is 9.78 Å². The molecule has 1 fully saturated rings. The number of thioether (sulfide) groups is 1. The molecule has 162 valence electrons. The van der Waals surface area contributed by atoms with E-state index in [0.717, 1.165) is 42.4 Å². The summed E-state index contributed by atoms with van der Waals surface area (Å²) in [7, 11) is 0. The number of nitrogens with zero attached hydrogens (tertiary/aromatic N) is 2. The first kappa shape index (κ1) is 22.8. The van der Waals surface area contributed by atoms with Gasteiger partial charge in [-0.1, -0.05) is 36.9 Å². The molecule has 30 heavy (non-hydrogen) atoms. The summed E-state index contributed by atoms with van der Waals surface area (Å²) in [4.78, 5) is 29.3. The van der Waals surface area contributed by atoms with Gasteiger partial charge in [0.2, 0.25) is 5.91 Å². The molecule has 0 radical (unpaired) electrons. The number of carboxylic acid groups (broad SMARTS) is 1. The second-order valence-corrected chi connectivity index (χ2v) is 9.65. The van der Waals surface area contributed by atoms with E-state index in [9.17, 15) is 9.59 Å². The highest BCUT2D eigenvalue weighted by Crippen LogP contribution is 2.25. The maximum Gasteiger partial charge on any atom is 0.355 e. The zero-order valence-corrected chi connectivity index (χ0v) is 19.2. The van der Waals surface area contributed by atoms with Crippen molar-refractivity contribution in [2.45, 2.75) is 49.9 Å². The SMILES string of the molecule is CCc1c(C)cccc1CCNC[C@H]1CCC(=O)N1CCSc1nc(C(=O)O)cs1. The van der Waals surface area contributed by atoms with Gasteiger partial charge in [-0.3, -0.25) is 4.79 Å². The molecule has 0 unspecified atom stereocenters. The Morgan fingerprint density at radius 3 is 3.00 bits per heavy atom. The summed E-state index contributed by atoms with van der Waals surface area (Å²) in [5.41, 5.74) is 4.30. The van der Waals surface area contributed by atoms with Crippen LogP contribution in [0.5, 0.6) is 0 Å². The molecule has 3 rings (SSSR count). The van der Waals surface area contributed by atoms with E-state index in [2.05, 4.69) is 42.3 Å². The summed E-state index contributed by atoms with van der Waals surface area (Å²) in [6, 6.07) is 6.74. The number of aryl methyl sites for hydroxylation is 1. The lowest BCUT2D eigenvalue weighted by Gasteiger charge is -2.25. The van der Waals surface area contributed by atoms with Crippen LogP contribution < -0.4 is 5.32 Å². The number of aromatic carboxylic acids is 1. The molecule has 0 spiro atoms. The first-order valence-electron chi connectivity index (χ1n) is 10.4. The van der Waals surface area contributed by atoms with Crippen molar-refractivity contribution in [3.63, 3.8) is 0 Å². The molecular weight excluding hydrogens is 418 g/mol. The van der Waals surface area contributed by atoms with Gasteiger partial charge in [0.05, 0.1) is 0 Å². The lowest BCUT2D eigenvalue weighted by Crippen LogP contribution is -2.41. The molecule has 1 atom stereocenters. The molecule has 2 aromatic rings. The third-order valence-electron chi connectivity index (χ3n) is 5.52. The Kier molecular flexibility index (Phi) is 8.30. The normalized spacial score (nSPS) is 16.4. The number of carboxylic acids is 1. The number of amides is 1. The molecule has 0 bridgehead atoms. The van der Waals surface area contributed by atoms with E-state index in [1.54, 1.807) is 5.38 Å². The fourth-order valence-corrected chi connectivity index (χ4v) is 5.77. The fraction of sp³-hybridized carbons (Fsp3) is 0.500. The summed E-state index contributed by atoms with van der Waals surface area (Å²) >= 11 is 2.85. The van der Waals surface area contributed by atoms with Crippen molar-refractivity contribution in [1.29, 1.82) is 0 Å². The van der Waals surface area contributed by atoms with Crippen LogP contribution in [-0.4, -0.2) is 58.3 Å². The number of aromatic nitrogens is 1. The lowest BCUT2D eigenvalue weighted by molar-refractivity contribution is -0.128. The number of likely N-dealkylation sites (tertiary alicyclic amines) is 1. The van der Waals surface area contributed by atoms with Crippen LogP contribution in [0, 0.1) is 6.92 Å². The first-order valence-corrected chi connectivity index (χ1v) is 12.2. The number of benzene rings is 1. The van der Waals surface area contributed by atoms with Crippen molar-refractivity contribution in [3.8, 4) is 0 Å². The van der Waals surface area contributed by atoms with Gasteiger partial charge in [-0.05, 0) is 49.4 Å². The summed E-state index contributed by atoms with van der Waals surface area (Å²) in [6.45, 7) is 6.75. The van der Waals surface area contributed by atoms with Crippen LogP contribution >= 0.6 is 23.1 Å². The van der Waals surface area contributed by atoms with Crippen LogP contribution in [0.15, 0.2) is 27.9 Å². The van der Waals surface area contributed by atoms with Crippen molar-refractivity contribution >= 4 is 35.0 Å². The van der Waals surface area contributed by atoms with Crippen molar-refractivity contribution < 1.29 is 14.7 Å². The molecule has 1 aliphatic heterocycles. The Balaban J connectivity index is 1.43. The molecule has 2 N–H and O–H groups in total. The van der Waals surface area contributed by atoms with Gasteiger partial charge in [0, 0.05) is 36.7 Å². The molecule has 0 saturated carbocycles. The predicted octanol–water partition coefficient (Wildman–Crippen LogP) is 3.63. The standard InChI is InChI=1S/C22H29N3O3S2/c1-3-18-15(2)5-4-6-16(18)9-10-23-13-17-7-8-20(26)25(17)11-12-29-22-24-19(14-30-22)21(27)28/h4-6,14,17,23H,3,7-13H2,1-2H3,(H,27,28)/t17-/m1/s1. The molecule has 1 saturated heterocycles. The average molecular weight is 448 g/mol. The molecule has 1 aromatic carbocycles. The molecular formula is C22H29N3O3S2. The van der Waals surface area contributed by atoms with E-state index in [-0.39, 0.29) is 17.6 Å². The van der Waals surface area contributed by atoms with Crippen molar-refractivity contribution in [2.24, 2.45) is 0 Å². The predicted molar refractivity (Wildman–Crippen MR) is 122 cm³/mol. The smallest absolute Gasteiger partial charge is 0.355 e. The highest BCUT2D eigenvalue weighted by molar-refractivity contribution is 8.01. The summed E-state index contributed by atoms with van der Waals surface area (Å²) in [5.74, 6) is -0.0757. The van der Waals surface area contributed by atoms with Gasteiger partial charge in [0.15, 0.2) is 10.0 Å². The molecule has 8 heteroatoms. The number of thiazole rings is 1. The Hall–Kier alpha value is -1.90. The number of rotatable bonds is 11. The van der Waals surface area contributed by atoms with Gasteiger partial charge in [0.25, 0.3) is 0 Å². The summed E-state index contributed by atoms with van der Waals surface area (Å²) in [5, 5.41) is 14.1. The van der Waals surface area contributed by atoms with Gasteiger partial charge < -0.3 is 15.3 Å². The van der Waals surface area contributed by atoms with Crippen molar-refractivity contribution in [2.75, 3.05) is 25.4 Å². The molecule has 0 aliphatic carbocycles. The zero-order valence-electron chi connectivity index (χ0n) is 17.5. The number of hydrogen-bond donors (Lipinski definition) is 2. The van der Waals surface area contributed by atoms with Crippen LogP contribution in [0.4, 0.5) is 0 Å². The van der Waals surface area contributed by atoms with Crippen LogP contribution in [0.3, 0.4) is 0 Å². The summed E-state index contributed by atoms with van der Waals surface area (Å²) < 4.78 is 0.735. The maximum absolute atomic E-state index is 12.3. The minimum Gasteiger partial charge on any atom is -0.476 e. The zero-order chi connectivity index (χ0) is 21.5. The molecule has 6 nitrogen and oxygen atoms in total. The second kappa shape index (κ2) is 10.9. The van der Waals surface area contributed by atoms with Crippen LogP contribution in [0.25, 0.3) is 0 Å². The number of carbonyl (C=O) groups excluding carboxylic acids is 1. The Bertz CT molecular complexity index is 884. The second-order valence-electron chi connectivity index (χ2n) is 7.45. The maximum atomic E-state index is 12.3. The quantitative estimate of drug-likeness (QED) is 0.404. The van der Waals surface area contributed by atoms with Gasteiger partial charge in [0.1, 0.15) is 0 Å². The number of nitrogens with one attached hydrogen (secondary N) is 1. The molecule has 1 aromatic heterocycles. The van der Waals surface area contributed by atoms with E-state index >= 15 is 0 Å². The Morgan fingerprint density at radius 1 is 1.43 bits per heavy atom. The monoisotopic (exact) mass is 447 g/mol. The third kappa shape index (κ3) is 5.83. The average Bonchev–Trinajstić information content (AvgIpc) is 3.33. The first-order chi connectivity index (χ1) is 14.5. The number of hydrogen-bond acceptors (Lipinski definition) is 6. The lowest BCUT2D eigenvalue weighted by atomic mass is 9.97. The van der Waals surface area contributed by atoms with Gasteiger partial charge >= 0.3 is 5.97 Å². The van der Waals surface area contributed by atoms with Crippen LogP contribution in [-0.2, 0) is 17.6 Å². The minimum atomic E-state index is -1.00. The fourth-order valence-electron chi connectivity index (χ4n) is 3.96. The Labute approximate surface area is 186 Å². The summed E-state index contributed by atoms with van der Waals surface area (Å²) in [6.07, 6.45) is 3.55. The minimum absolute atomic E-state index is 0.0849. The number of carbonyl (C=O) groups is 2. The largest absolute Gasteiger partial charge is 0.476 e. The molecule has 1 aliphatic rings. The van der Waals surface area contributed by atoms with E-state index in [4.69, 9.17) is 5.11 Å². The topological polar surface area (TPSA) is 82.5 Å². The van der Waals surface area contributed by atoms with E-state index in [1.165, 1.54) is 39.8 Å². The van der Waals surface area contributed by atoms with Crippen molar-refractivity contribution in [1.82, 2.24) is 15.2 Å². The van der Waals surface area contributed by atoms with Crippen LogP contribution in [0.2, 0.25) is 0 Å². The van der Waals surface area contributed by atoms with Crippen LogP contribution in [0.1, 0.15) is 46.9 Å². The Morgan fingerprint density at radius 2 is 2.27 bits per heavy atom. The molecule has 1 amide bonds. The van der Waals surface area contributed by atoms with E-state index in [0.29, 0.717) is 13.0 Å². The highest BCUT2D eigenvalue weighted by Gasteiger charge is 2.30. The third-order valence-corrected chi connectivity index (χ3v) is 7.53. The van der Waals surface area contributed by atoms with Gasteiger partial charge in [-0.15, -0.1) is 11.3 Å². The van der Waals surface area contributed by atoms with Crippen molar-refractivity contribution in [3.05, 3.63) is 46.0 Å². The molecule has 2 heterocycles. The van der Waals surface area contributed by atoms with Gasteiger partial charge in [-0.2, -0.15) is 0 Å².